The van der Waals surface area contributed by atoms with Crippen LogP contribution in [0.3, 0.4) is 0 Å². The number of hydrogen-bond donors (Lipinski definition) is 1. The number of hydrogen-bond acceptors (Lipinski definition) is 4. The predicted molar refractivity (Wildman–Crippen MR) is 51.9 cm³/mol. The number of carbonyl (C=O) groups is 1. The van der Waals surface area contributed by atoms with Crippen molar-refractivity contribution in [3.63, 3.8) is 0 Å². The summed E-state index contributed by atoms with van der Waals surface area (Å²) in [5.41, 5.74) is 5.44. The second kappa shape index (κ2) is 5.95. The number of nitrogens with two attached hydrogens (primary N) is 1. The Kier molecular flexibility index (Phi) is 4.86. The van der Waals surface area contributed by atoms with Crippen LogP contribution in [0.1, 0.15) is 6.42 Å². The summed E-state index contributed by atoms with van der Waals surface area (Å²) in [6.45, 7) is 3.34. The molecule has 0 saturated carbocycles. The first-order valence-electron chi connectivity index (χ1n) is 4.86. The first-order chi connectivity index (χ1) is 6.75. The van der Waals surface area contributed by atoms with Gasteiger partial charge in [0.15, 0.2) is 0 Å². The molecule has 2 N–H and O–H groups in total. The van der Waals surface area contributed by atoms with Crippen LogP contribution in [-0.4, -0.2) is 56.9 Å². The number of methoxy groups -OCH3 is 1. The van der Waals surface area contributed by atoms with Crippen molar-refractivity contribution in [2.75, 3.05) is 40.0 Å². The molecule has 0 bridgehead atoms. The number of likely N-dealkylation sites (tertiary alicyclic amines) is 1. The Morgan fingerprint density at radius 1 is 1.50 bits per heavy atom. The van der Waals surface area contributed by atoms with E-state index in [1.807, 2.05) is 0 Å². The molecule has 5 nitrogen and oxygen atoms in total. The second-order valence-corrected chi connectivity index (χ2v) is 3.35. The number of carbonyl (C=O) groups excluding carboxylic acids is 1. The molecule has 1 fully saturated rings. The van der Waals surface area contributed by atoms with Gasteiger partial charge in [0.1, 0.15) is 6.04 Å². The minimum atomic E-state index is -0.260. The molecule has 82 valence electrons. The highest BCUT2D eigenvalue weighted by atomic mass is 16.5. The van der Waals surface area contributed by atoms with E-state index in [2.05, 4.69) is 0 Å². The third-order valence-corrected chi connectivity index (χ3v) is 2.19. The molecular weight excluding hydrogens is 184 g/mol. The molecule has 1 unspecified atom stereocenters. The van der Waals surface area contributed by atoms with Crippen LogP contribution < -0.4 is 5.73 Å². The van der Waals surface area contributed by atoms with E-state index in [4.69, 9.17) is 15.2 Å². The van der Waals surface area contributed by atoms with Crippen molar-refractivity contribution in [1.82, 2.24) is 4.90 Å². The minimum absolute atomic E-state index is 0.0573. The standard InChI is InChI=1S/C9H18N2O3/c1-13-5-6-14-4-2-3-11-7-8(10)9(11)12/h8H,2-7,10H2,1H3. The van der Waals surface area contributed by atoms with Gasteiger partial charge in [-0.1, -0.05) is 0 Å². The smallest absolute Gasteiger partial charge is 0.241 e. The second-order valence-electron chi connectivity index (χ2n) is 3.35. The van der Waals surface area contributed by atoms with Gasteiger partial charge < -0.3 is 20.1 Å². The average Bonchev–Trinajstić information content (AvgIpc) is 2.21. The van der Waals surface area contributed by atoms with E-state index in [0.29, 0.717) is 26.4 Å². The molecule has 1 heterocycles. The maximum atomic E-state index is 11.1. The number of nitrogens with zero attached hydrogens (tertiary/aromatic N) is 1. The molecule has 0 aromatic rings. The molecule has 0 aliphatic carbocycles. The van der Waals surface area contributed by atoms with Crippen LogP contribution in [-0.2, 0) is 14.3 Å². The molecule has 5 heteroatoms. The van der Waals surface area contributed by atoms with Crippen molar-refractivity contribution in [2.24, 2.45) is 5.73 Å². The Bertz CT molecular complexity index is 187. The van der Waals surface area contributed by atoms with E-state index in [9.17, 15) is 4.79 Å². The Morgan fingerprint density at radius 3 is 2.86 bits per heavy atom. The largest absolute Gasteiger partial charge is 0.382 e. The fraction of sp³-hybridized carbons (Fsp3) is 0.889. The Balaban J connectivity index is 1.87. The SMILES string of the molecule is COCCOCCCN1CC(N)C1=O. The molecular formula is C9H18N2O3. The fourth-order valence-corrected chi connectivity index (χ4v) is 1.33. The first kappa shape index (κ1) is 11.4. The lowest BCUT2D eigenvalue weighted by atomic mass is 10.1. The van der Waals surface area contributed by atoms with Crippen molar-refractivity contribution in [3.8, 4) is 0 Å². The first-order valence-corrected chi connectivity index (χ1v) is 4.86. The lowest BCUT2D eigenvalue weighted by Gasteiger charge is -2.36. The molecule has 1 aliphatic rings. The third-order valence-electron chi connectivity index (χ3n) is 2.19. The normalized spacial score (nSPS) is 21.1. The highest BCUT2D eigenvalue weighted by Crippen LogP contribution is 2.07. The van der Waals surface area contributed by atoms with Crippen molar-refractivity contribution in [1.29, 1.82) is 0 Å². The summed E-state index contributed by atoms with van der Waals surface area (Å²) in [5.74, 6) is 0.0573. The van der Waals surface area contributed by atoms with Gasteiger partial charge in [-0.05, 0) is 6.42 Å². The Hall–Kier alpha value is -0.650. The van der Waals surface area contributed by atoms with Gasteiger partial charge in [0.25, 0.3) is 0 Å². The molecule has 0 spiro atoms. The topological polar surface area (TPSA) is 64.8 Å². The molecule has 0 radical (unpaired) electrons. The van der Waals surface area contributed by atoms with Crippen LogP contribution in [0.25, 0.3) is 0 Å². The molecule has 0 aromatic heterocycles. The summed E-state index contributed by atoms with van der Waals surface area (Å²) in [6.07, 6.45) is 0.863. The molecule has 14 heavy (non-hydrogen) atoms. The zero-order chi connectivity index (χ0) is 10.4. The van der Waals surface area contributed by atoms with Gasteiger partial charge >= 0.3 is 0 Å². The van der Waals surface area contributed by atoms with Gasteiger partial charge in [-0.15, -0.1) is 0 Å². The summed E-state index contributed by atoms with van der Waals surface area (Å²) < 4.78 is 10.1. The summed E-state index contributed by atoms with van der Waals surface area (Å²) in [6, 6.07) is -0.260. The molecule has 1 amide bonds. The van der Waals surface area contributed by atoms with Gasteiger partial charge in [0.2, 0.25) is 5.91 Å². The monoisotopic (exact) mass is 202 g/mol. The van der Waals surface area contributed by atoms with Crippen LogP contribution in [0.5, 0.6) is 0 Å². The lowest BCUT2D eigenvalue weighted by Crippen LogP contribution is -2.61. The van der Waals surface area contributed by atoms with Crippen LogP contribution in [0.15, 0.2) is 0 Å². The zero-order valence-electron chi connectivity index (χ0n) is 8.57. The number of ether oxygens (including phenoxy) is 2. The van der Waals surface area contributed by atoms with Crippen LogP contribution in [0.4, 0.5) is 0 Å². The molecule has 0 aromatic carbocycles. The highest BCUT2D eigenvalue weighted by Gasteiger charge is 2.32. The van der Waals surface area contributed by atoms with Gasteiger partial charge in [0, 0.05) is 26.8 Å². The van der Waals surface area contributed by atoms with E-state index < -0.39 is 0 Å². The minimum Gasteiger partial charge on any atom is -0.382 e. The summed E-state index contributed by atoms with van der Waals surface area (Å²) in [5, 5.41) is 0. The van der Waals surface area contributed by atoms with Crippen molar-refractivity contribution >= 4 is 5.91 Å². The molecule has 1 rings (SSSR count). The van der Waals surface area contributed by atoms with Crippen molar-refractivity contribution < 1.29 is 14.3 Å². The molecule has 1 atom stereocenters. The van der Waals surface area contributed by atoms with E-state index in [-0.39, 0.29) is 11.9 Å². The zero-order valence-corrected chi connectivity index (χ0v) is 8.57. The van der Waals surface area contributed by atoms with Gasteiger partial charge in [0.05, 0.1) is 13.2 Å². The van der Waals surface area contributed by atoms with E-state index in [1.165, 1.54) is 0 Å². The van der Waals surface area contributed by atoms with Crippen LogP contribution >= 0.6 is 0 Å². The van der Waals surface area contributed by atoms with Crippen LogP contribution in [0, 0.1) is 0 Å². The fourth-order valence-electron chi connectivity index (χ4n) is 1.33. The van der Waals surface area contributed by atoms with Crippen molar-refractivity contribution in [2.45, 2.75) is 12.5 Å². The van der Waals surface area contributed by atoms with Gasteiger partial charge in [-0.3, -0.25) is 4.79 Å². The maximum Gasteiger partial charge on any atom is 0.241 e. The third kappa shape index (κ3) is 3.25. The molecule has 1 saturated heterocycles. The van der Waals surface area contributed by atoms with E-state index in [1.54, 1.807) is 12.0 Å². The number of rotatable bonds is 7. The van der Waals surface area contributed by atoms with Gasteiger partial charge in [-0.2, -0.15) is 0 Å². The van der Waals surface area contributed by atoms with E-state index in [0.717, 1.165) is 13.0 Å². The Morgan fingerprint density at radius 2 is 2.29 bits per heavy atom. The van der Waals surface area contributed by atoms with E-state index >= 15 is 0 Å². The van der Waals surface area contributed by atoms with Gasteiger partial charge in [-0.25, -0.2) is 0 Å². The summed E-state index contributed by atoms with van der Waals surface area (Å²) in [7, 11) is 1.64. The molecule has 1 aliphatic heterocycles. The Labute approximate surface area is 84.1 Å². The quantitative estimate of drug-likeness (QED) is 0.434. The van der Waals surface area contributed by atoms with Crippen LogP contribution in [0.2, 0.25) is 0 Å². The average molecular weight is 202 g/mol. The maximum absolute atomic E-state index is 11.1. The number of amides is 1. The highest BCUT2D eigenvalue weighted by molar-refractivity contribution is 5.87. The summed E-state index contributed by atoms with van der Waals surface area (Å²) >= 11 is 0. The van der Waals surface area contributed by atoms with Crippen molar-refractivity contribution in [3.05, 3.63) is 0 Å². The summed E-state index contributed by atoms with van der Waals surface area (Å²) in [4.78, 5) is 12.8. The predicted octanol–water partition coefficient (Wildman–Crippen LogP) is -0.791. The number of β-lactam (4-membered cyclic amide) rings is 1. The lowest BCUT2D eigenvalue weighted by molar-refractivity contribution is -0.142.